The molecule has 0 saturated carbocycles. The molecule has 1 rings (SSSR count). The van der Waals surface area contributed by atoms with E-state index in [4.69, 9.17) is 10.3 Å². The third-order valence-electron chi connectivity index (χ3n) is 5.18. The lowest BCUT2D eigenvalue weighted by atomic mass is 10.1. The molecule has 2 N–H and O–H groups in total. The minimum atomic E-state index is 0.0224. The number of aromatic hydroxyl groups is 1. The molecule has 0 unspecified atom stereocenters. The van der Waals surface area contributed by atoms with E-state index in [2.05, 4.69) is 64.0 Å². The first kappa shape index (κ1) is 29.6. The summed E-state index contributed by atoms with van der Waals surface area (Å²) in [4.78, 5) is 14.7. The van der Waals surface area contributed by atoms with Gasteiger partial charge in [0, 0.05) is 24.4 Å². The molecule has 1 aromatic carbocycles. The minimum absolute atomic E-state index is 0.0224. The van der Waals surface area contributed by atoms with Crippen LogP contribution in [0.2, 0.25) is 0 Å². The molecule has 0 radical (unpaired) electrons. The highest BCUT2D eigenvalue weighted by Crippen LogP contribution is 2.26. The number of phenols is 1. The largest absolute Gasteiger partial charge is 0.504 e. The molecule has 0 aromatic heterocycles. The molecule has 0 heterocycles. The Hall–Kier alpha value is -3.44. The van der Waals surface area contributed by atoms with Crippen molar-refractivity contribution in [2.75, 3.05) is 13.7 Å². The van der Waals surface area contributed by atoms with Gasteiger partial charge in [0.25, 0.3) is 0 Å². The van der Waals surface area contributed by atoms with Gasteiger partial charge < -0.3 is 15.2 Å². The third-order valence-corrected chi connectivity index (χ3v) is 5.18. The van der Waals surface area contributed by atoms with Crippen molar-refractivity contribution in [3.05, 3.63) is 82.8 Å². The summed E-state index contributed by atoms with van der Waals surface area (Å²) in [5.74, 6) is 0.519. The highest BCUT2D eigenvalue weighted by Gasteiger charge is 2.04. The van der Waals surface area contributed by atoms with E-state index >= 15 is 0 Å². The van der Waals surface area contributed by atoms with Crippen LogP contribution in [0.3, 0.4) is 0 Å². The van der Waals surface area contributed by atoms with E-state index in [9.17, 15) is 9.90 Å². The van der Waals surface area contributed by atoms with Crippen molar-refractivity contribution in [1.29, 1.82) is 0 Å². The number of phenolic OH excluding ortho intramolecular Hbond substituents is 1. The molecule has 7 nitrogen and oxygen atoms in total. The highest BCUT2D eigenvalue weighted by molar-refractivity contribution is 5.75. The molecule has 0 spiro atoms. The lowest BCUT2D eigenvalue weighted by Gasteiger charge is -2.08. The smallest absolute Gasteiger partial charge is 0.220 e. The van der Waals surface area contributed by atoms with Gasteiger partial charge in [0.05, 0.1) is 7.11 Å². The number of hydrogen-bond acceptors (Lipinski definition) is 4. The average molecular weight is 481 g/mol. The number of methoxy groups -OCH3 is 1. The summed E-state index contributed by atoms with van der Waals surface area (Å²) in [6, 6.07) is 5.06. The number of nitrogens with one attached hydrogen (secondary N) is 1. The number of hydrogen-bond donors (Lipinski definition) is 2. The maximum atomic E-state index is 12.0. The van der Waals surface area contributed by atoms with Crippen molar-refractivity contribution in [2.24, 2.45) is 5.11 Å². The Bertz CT molecular complexity index is 884. The van der Waals surface area contributed by atoms with Crippen molar-refractivity contribution in [1.82, 2.24) is 5.32 Å². The zero-order chi connectivity index (χ0) is 25.4. The maximum absolute atomic E-state index is 12.0. The van der Waals surface area contributed by atoms with Crippen LogP contribution in [0, 0.1) is 0 Å². The number of ether oxygens (including phenoxy) is 1. The van der Waals surface area contributed by atoms with Crippen LogP contribution in [0.1, 0.15) is 69.8 Å². The molecule has 1 aromatic rings. The molecular formula is C28H40N4O3. The Morgan fingerprint density at radius 3 is 2.23 bits per heavy atom. The van der Waals surface area contributed by atoms with Crippen molar-refractivity contribution in [3.63, 3.8) is 0 Å². The molecular weight excluding hydrogens is 440 g/mol. The Morgan fingerprint density at radius 2 is 1.60 bits per heavy atom. The van der Waals surface area contributed by atoms with Gasteiger partial charge in [-0.05, 0) is 74.6 Å². The molecule has 0 aliphatic rings. The van der Waals surface area contributed by atoms with E-state index < -0.39 is 0 Å². The van der Waals surface area contributed by atoms with Gasteiger partial charge in [-0.15, -0.1) is 0 Å². The fourth-order valence-corrected chi connectivity index (χ4v) is 3.22. The normalized spacial score (nSPS) is 11.6. The van der Waals surface area contributed by atoms with Gasteiger partial charge in [-0.1, -0.05) is 66.2 Å². The zero-order valence-electron chi connectivity index (χ0n) is 20.9. The predicted molar refractivity (Wildman–Crippen MR) is 143 cm³/mol. The fraction of sp³-hybridized carbons (Fsp3) is 0.464. The first-order valence-corrected chi connectivity index (χ1v) is 12.4. The highest BCUT2D eigenvalue weighted by atomic mass is 16.5. The first-order chi connectivity index (χ1) is 17.2. The molecule has 1 amide bonds. The number of azide groups is 1. The van der Waals surface area contributed by atoms with Crippen LogP contribution < -0.4 is 10.1 Å². The summed E-state index contributed by atoms with van der Waals surface area (Å²) in [6.45, 7) is 1.02. The van der Waals surface area contributed by atoms with Crippen molar-refractivity contribution < 1.29 is 14.6 Å². The van der Waals surface area contributed by atoms with Gasteiger partial charge >= 0.3 is 0 Å². The summed E-state index contributed by atoms with van der Waals surface area (Å²) in [6.07, 6.45) is 26.6. The molecule has 190 valence electrons. The van der Waals surface area contributed by atoms with Crippen LogP contribution in [0.15, 0.2) is 71.9 Å². The van der Waals surface area contributed by atoms with Crippen molar-refractivity contribution >= 4 is 5.91 Å². The van der Waals surface area contributed by atoms with Crippen molar-refractivity contribution in [3.8, 4) is 11.5 Å². The second kappa shape index (κ2) is 21.1. The summed E-state index contributed by atoms with van der Waals surface area (Å²) in [7, 11) is 1.50. The molecule has 0 fully saturated rings. The number of carbonyl (C=O) groups excluding carboxylic acids is 1. The van der Waals surface area contributed by atoms with Gasteiger partial charge in [-0.3, -0.25) is 4.79 Å². The Labute approximate surface area is 209 Å². The van der Waals surface area contributed by atoms with Crippen molar-refractivity contribution in [2.45, 2.75) is 70.8 Å². The first-order valence-electron chi connectivity index (χ1n) is 12.4. The van der Waals surface area contributed by atoms with E-state index in [1.807, 2.05) is 0 Å². The summed E-state index contributed by atoms with van der Waals surface area (Å²) in [5, 5.41) is 16.0. The van der Waals surface area contributed by atoms with E-state index in [-0.39, 0.29) is 11.7 Å². The van der Waals surface area contributed by atoms with E-state index in [0.717, 1.165) is 63.4 Å². The van der Waals surface area contributed by atoms with Gasteiger partial charge in [-0.2, -0.15) is 0 Å². The van der Waals surface area contributed by atoms with E-state index in [1.165, 1.54) is 7.11 Å². The van der Waals surface area contributed by atoms with Gasteiger partial charge in [0.1, 0.15) is 0 Å². The van der Waals surface area contributed by atoms with E-state index in [0.29, 0.717) is 25.3 Å². The summed E-state index contributed by atoms with van der Waals surface area (Å²) < 4.78 is 5.08. The van der Waals surface area contributed by atoms with Gasteiger partial charge in [-0.25, -0.2) is 0 Å². The molecule has 0 aliphatic carbocycles. The van der Waals surface area contributed by atoms with E-state index in [1.54, 1.807) is 18.2 Å². The van der Waals surface area contributed by atoms with Crippen LogP contribution in [0.25, 0.3) is 10.4 Å². The van der Waals surface area contributed by atoms with Crippen LogP contribution in [-0.2, 0) is 11.3 Å². The Morgan fingerprint density at radius 1 is 0.971 bits per heavy atom. The van der Waals surface area contributed by atoms with Crippen LogP contribution in [0.5, 0.6) is 11.5 Å². The SMILES string of the molecule is COc1cc(CNC(=O)CCC/C=C\C/C=C\C/C=C\C/C=C\CCCCCN=[N+]=[N-])ccc1O. The van der Waals surface area contributed by atoms with Crippen LogP contribution in [-0.4, -0.2) is 24.7 Å². The quantitative estimate of drug-likeness (QED) is 0.0705. The third kappa shape index (κ3) is 16.8. The van der Waals surface area contributed by atoms with Crippen LogP contribution >= 0.6 is 0 Å². The zero-order valence-corrected chi connectivity index (χ0v) is 20.9. The van der Waals surface area contributed by atoms with Crippen LogP contribution in [0.4, 0.5) is 0 Å². The number of nitrogens with zero attached hydrogens (tertiary/aromatic N) is 3. The number of unbranched alkanes of at least 4 members (excludes halogenated alkanes) is 4. The second-order valence-corrected chi connectivity index (χ2v) is 8.07. The van der Waals surface area contributed by atoms with Gasteiger partial charge in [0.15, 0.2) is 11.5 Å². The number of benzene rings is 1. The lowest BCUT2D eigenvalue weighted by Crippen LogP contribution is -2.22. The molecule has 0 aliphatic heterocycles. The molecule has 0 saturated heterocycles. The Balaban J connectivity index is 1.99. The number of amides is 1. The number of carbonyl (C=O) groups is 1. The molecule has 0 bridgehead atoms. The monoisotopic (exact) mass is 480 g/mol. The second-order valence-electron chi connectivity index (χ2n) is 8.07. The number of allylic oxidation sites excluding steroid dienone is 8. The molecule has 7 heteroatoms. The maximum Gasteiger partial charge on any atom is 0.220 e. The summed E-state index contributed by atoms with van der Waals surface area (Å²) in [5.41, 5.74) is 9.08. The Kier molecular flexibility index (Phi) is 17.9. The average Bonchev–Trinajstić information content (AvgIpc) is 2.87. The molecule has 35 heavy (non-hydrogen) atoms. The number of rotatable bonds is 19. The van der Waals surface area contributed by atoms with Gasteiger partial charge in [0.2, 0.25) is 5.91 Å². The summed E-state index contributed by atoms with van der Waals surface area (Å²) >= 11 is 0. The predicted octanol–water partition coefficient (Wildman–Crippen LogP) is 7.45. The fourth-order valence-electron chi connectivity index (χ4n) is 3.22. The lowest BCUT2D eigenvalue weighted by molar-refractivity contribution is -0.121. The molecule has 0 atom stereocenters. The standard InChI is InChI=1S/C28H40N4O3/c1-35-27-23-25(20-21-26(27)33)24-30-28(34)19-17-15-13-11-9-7-5-3-2-4-6-8-10-12-14-16-18-22-31-32-29/h2,4-5,7-8,10-11,13,20-21,23,33H,3,6,9,12,14-19,22,24H2,1H3,(H,30,34)/b4-2-,7-5-,10-8-,13-11-. The minimum Gasteiger partial charge on any atom is -0.504 e. The topological polar surface area (TPSA) is 107 Å².